The Morgan fingerprint density at radius 2 is 1.92 bits per heavy atom. The fourth-order valence-electron chi connectivity index (χ4n) is 3.99. The summed E-state index contributed by atoms with van der Waals surface area (Å²) in [5.74, 6) is 1.84. The molecule has 1 saturated carbocycles. The number of para-hydroxylation sites is 1. The van der Waals surface area contributed by atoms with E-state index < -0.39 is 0 Å². The third-order valence-electron chi connectivity index (χ3n) is 5.42. The van der Waals surface area contributed by atoms with Gasteiger partial charge >= 0.3 is 0 Å². The first-order valence-electron chi connectivity index (χ1n) is 9.76. The maximum Gasteiger partial charge on any atom is 0.253 e. The summed E-state index contributed by atoms with van der Waals surface area (Å²) in [4.78, 5) is 19.4. The molecule has 26 heavy (non-hydrogen) atoms. The van der Waals surface area contributed by atoms with Crippen LogP contribution in [-0.4, -0.2) is 35.7 Å². The van der Waals surface area contributed by atoms with Crippen molar-refractivity contribution in [2.24, 2.45) is 0 Å². The molecule has 1 N–H and O–H groups in total. The molecule has 0 radical (unpaired) electrons. The van der Waals surface area contributed by atoms with Crippen molar-refractivity contribution in [3.8, 4) is 0 Å². The third-order valence-corrected chi connectivity index (χ3v) is 5.42. The van der Waals surface area contributed by atoms with Crippen LogP contribution in [0, 0.1) is 0 Å². The molecule has 6 heteroatoms. The normalized spacial score (nSPS) is 17.8. The van der Waals surface area contributed by atoms with Crippen molar-refractivity contribution in [3.05, 3.63) is 41.5 Å². The van der Waals surface area contributed by atoms with Gasteiger partial charge < -0.3 is 14.7 Å². The lowest BCUT2D eigenvalue weighted by atomic mass is 10.1. The maximum absolute atomic E-state index is 12.6. The second kappa shape index (κ2) is 7.89. The summed E-state index contributed by atoms with van der Waals surface area (Å²) in [6.07, 6.45) is 7.75. The topological polar surface area (TPSA) is 71.3 Å². The highest BCUT2D eigenvalue weighted by Crippen LogP contribution is 2.32. The Hall–Kier alpha value is -2.37. The molecular formula is C20H26N4O2. The average molecular weight is 354 g/mol. The van der Waals surface area contributed by atoms with Crippen molar-refractivity contribution >= 4 is 11.6 Å². The molecule has 0 unspecified atom stereocenters. The number of amides is 1. The molecule has 2 fully saturated rings. The van der Waals surface area contributed by atoms with Gasteiger partial charge in [-0.2, -0.15) is 4.98 Å². The number of nitrogens with one attached hydrogen (secondary N) is 1. The van der Waals surface area contributed by atoms with Crippen LogP contribution in [0.15, 0.2) is 28.8 Å². The first-order chi connectivity index (χ1) is 12.8. The molecule has 2 aromatic rings. The van der Waals surface area contributed by atoms with Crippen molar-refractivity contribution in [1.82, 2.24) is 15.5 Å². The number of nitrogens with zero attached hydrogens (tertiary/aromatic N) is 3. The first-order valence-corrected chi connectivity index (χ1v) is 9.76. The Bertz CT molecular complexity index is 746. The molecule has 1 aromatic heterocycles. The lowest BCUT2D eigenvalue weighted by Gasteiger charge is -2.20. The predicted molar refractivity (Wildman–Crippen MR) is 99.4 cm³/mol. The lowest BCUT2D eigenvalue weighted by molar-refractivity contribution is 0.0954. The Morgan fingerprint density at radius 1 is 1.15 bits per heavy atom. The largest absolute Gasteiger partial charge is 0.371 e. The first kappa shape index (κ1) is 17.1. The van der Waals surface area contributed by atoms with E-state index in [1.807, 2.05) is 24.3 Å². The van der Waals surface area contributed by atoms with Gasteiger partial charge in [0.1, 0.15) is 0 Å². The van der Waals surface area contributed by atoms with E-state index in [2.05, 4.69) is 20.4 Å². The highest BCUT2D eigenvalue weighted by Gasteiger charge is 2.23. The van der Waals surface area contributed by atoms with Crippen LogP contribution in [0.2, 0.25) is 0 Å². The summed E-state index contributed by atoms with van der Waals surface area (Å²) in [5, 5.41) is 7.07. The molecule has 0 spiro atoms. The molecule has 0 bridgehead atoms. The molecule has 2 aliphatic rings. The fraction of sp³-hybridized carbons (Fsp3) is 0.550. The van der Waals surface area contributed by atoms with Crippen molar-refractivity contribution in [2.75, 3.05) is 24.5 Å². The smallest absolute Gasteiger partial charge is 0.253 e. The Labute approximate surface area is 154 Å². The van der Waals surface area contributed by atoms with Crippen LogP contribution < -0.4 is 10.2 Å². The van der Waals surface area contributed by atoms with Crippen molar-refractivity contribution in [3.63, 3.8) is 0 Å². The number of anilines is 1. The molecule has 1 saturated heterocycles. The molecule has 1 aliphatic heterocycles. The van der Waals surface area contributed by atoms with E-state index in [1.165, 1.54) is 25.7 Å². The van der Waals surface area contributed by atoms with Gasteiger partial charge in [0.2, 0.25) is 5.89 Å². The van der Waals surface area contributed by atoms with Gasteiger partial charge in [-0.25, -0.2) is 0 Å². The average Bonchev–Trinajstić information content (AvgIpc) is 3.42. The number of carbonyl (C=O) groups excluding carboxylic acids is 1. The zero-order chi connectivity index (χ0) is 17.8. The summed E-state index contributed by atoms with van der Waals surface area (Å²) in [6, 6.07) is 7.85. The van der Waals surface area contributed by atoms with Crippen molar-refractivity contribution in [2.45, 2.75) is 50.9 Å². The van der Waals surface area contributed by atoms with Gasteiger partial charge in [-0.3, -0.25) is 4.79 Å². The van der Waals surface area contributed by atoms with Gasteiger partial charge in [-0.1, -0.05) is 30.1 Å². The van der Waals surface area contributed by atoms with E-state index in [0.717, 1.165) is 43.1 Å². The Balaban J connectivity index is 1.33. The minimum absolute atomic E-state index is 0.0352. The van der Waals surface area contributed by atoms with Gasteiger partial charge in [0.15, 0.2) is 5.82 Å². The quantitative estimate of drug-likeness (QED) is 0.862. The SMILES string of the molecule is O=C(NCCc1noc(C2CCCC2)n1)c1ccccc1N1CCCC1. The molecular weight excluding hydrogens is 328 g/mol. The molecule has 138 valence electrons. The van der Waals surface area contributed by atoms with Crippen LogP contribution in [0.1, 0.15) is 66.5 Å². The Kier molecular flexibility index (Phi) is 5.18. The number of hydrogen-bond acceptors (Lipinski definition) is 5. The summed E-state index contributed by atoms with van der Waals surface area (Å²) >= 11 is 0. The van der Waals surface area contributed by atoms with Gasteiger partial charge in [0, 0.05) is 37.7 Å². The molecule has 1 amide bonds. The van der Waals surface area contributed by atoms with Crippen LogP contribution in [0.3, 0.4) is 0 Å². The summed E-state index contributed by atoms with van der Waals surface area (Å²) in [5.41, 5.74) is 1.78. The monoisotopic (exact) mass is 354 g/mol. The standard InChI is InChI=1S/C20H26N4O2/c25-19(16-9-3-4-10-17(16)24-13-5-6-14-24)21-12-11-18-22-20(26-23-18)15-7-1-2-8-15/h3-4,9-10,15H,1-2,5-8,11-14H2,(H,21,25). The van der Waals surface area contributed by atoms with E-state index >= 15 is 0 Å². The van der Waals surface area contributed by atoms with Gasteiger partial charge in [0.05, 0.1) is 5.56 Å². The van der Waals surface area contributed by atoms with Gasteiger partial charge in [-0.15, -0.1) is 0 Å². The zero-order valence-corrected chi connectivity index (χ0v) is 15.1. The predicted octanol–water partition coefficient (Wildman–Crippen LogP) is 3.30. The molecule has 1 aromatic carbocycles. The minimum Gasteiger partial charge on any atom is -0.371 e. The summed E-state index contributed by atoms with van der Waals surface area (Å²) in [7, 11) is 0. The van der Waals surface area contributed by atoms with Crippen LogP contribution >= 0.6 is 0 Å². The van der Waals surface area contributed by atoms with E-state index in [-0.39, 0.29) is 5.91 Å². The second-order valence-electron chi connectivity index (χ2n) is 7.25. The number of aromatic nitrogens is 2. The maximum atomic E-state index is 12.6. The molecule has 6 nitrogen and oxygen atoms in total. The van der Waals surface area contributed by atoms with Crippen LogP contribution in [0.25, 0.3) is 0 Å². The molecule has 1 aliphatic carbocycles. The van der Waals surface area contributed by atoms with Gasteiger partial charge in [0.25, 0.3) is 5.91 Å². The number of benzene rings is 1. The molecule has 2 heterocycles. The molecule has 0 atom stereocenters. The van der Waals surface area contributed by atoms with E-state index in [9.17, 15) is 4.79 Å². The van der Waals surface area contributed by atoms with E-state index in [4.69, 9.17) is 4.52 Å². The fourth-order valence-corrected chi connectivity index (χ4v) is 3.99. The van der Waals surface area contributed by atoms with Crippen LogP contribution in [0.4, 0.5) is 5.69 Å². The highest BCUT2D eigenvalue weighted by molar-refractivity contribution is 5.99. The van der Waals surface area contributed by atoms with Crippen molar-refractivity contribution in [1.29, 1.82) is 0 Å². The van der Waals surface area contributed by atoms with E-state index in [0.29, 0.717) is 24.7 Å². The number of carbonyl (C=O) groups is 1. The number of rotatable bonds is 6. The molecule has 4 rings (SSSR count). The third kappa shape index (κ3) is 3.74. The van der Waals surface area contributed by atoms with Crippen molar-refractivity contribution < 1.29 is 9.32 Å². The minimum atomic E-state index is -0.0352. The summed E-state index contributed by atoms with van der Waals surface area (Å²) < 4.78 is 5.40. The highest BCUT2D eigenvalue weighted by atomic mass is 16.5. The zero-order valence-electron chi connectivity index (χ0n) is 15.1. The van der Waals surface area contributed by atoms with Crippen LogP contribution in [-0.2, 0) is 6.42 Å². The number of hydrogen-bond donors (Lipinski definition) is 1. The lowest BCUT2D eigenvalue weighted by Crippen LogP contribution is -2.29. The summed E-state index contributed by atoms with van der Waals surface area (Å²) in [6.45, 7) is 2.56. The van der Waals surface area contributed by atoms with E-state index in [1.54, 1.807) is 0 Å². The van der Waals surface area contributed by atoms with Crippen LogP contribution in [0.5, 0.6) is 0 Å². The van der Waals surface area contributed by atoms with Gasteiger partial charge in [-0.05, 0) is 37.8 Å². The Morgan fingerprint density at radius 3 is 2.73 bits per heavy atom. The second-order valence-corrected chi connectivity index (χ2v) is 7.25.